The zero-order valence-corrected chi connectivity index (χ0v) is 26.7. The normalized spacial score (nSPS) is 15.4. The van der Waals surface area contributed by atoms with Gasteiger partial charge >= 0.3 is 0 Å². The molecule has 1 aliphatic rings. The topological polar surface area (TPSA) is 125 Å². The summed E-state index contributed by atoms with van der Waals surface area (Å²) in [6, 6.07) is 18.7. The molecule has 5 aromatic rings. The number of amides is 2. The number of carbonyl (C=O) groups is 2. The van der Waals surface area contributed by atoms with Gasteiger partial charge in [0.1, 0.15) is 22.8 Å². The van der Waals surface area contributed by atoms with E-state index in [0.29, 0.717) is 52.5 Å². The van der Waals surface area contributed by atoms with E-state index in [1.54, 1.807) is 25.1 Å². The van der Waals surface area contributed by atoms with Crippen molar-refractivity contribution in [2.75, 3.05) is 44.9 Å². The maximum atomic E-state index is 13.8. The highest BCUT2D eigenvalue weighted by molar-refractivity contribution is 7.92. The zero-order valence-electron chi connectivity index (χ0n) is 25.9. The minimum Gasteiger partial charge on any atom is -0.496 e. The van der Waals surface area contributed by atoms with E-state index in [4.69, 9.17) is 9.15 Å². The van der Waals surface area contributed by atoms with E-state index in [1.807, 2.05) is 61.5 Å². The number of H-pyrrole nitrogens is 1. The Bertz CT molecular complexity index is 2040. The number of likely N-dealkylation sites (tertiary alicyclic amines) is 1. The highest BCUT2D eigenvalue weighted by Gasteiger charge is 2.32. The average Bonchev–Trinajstić information content (AvgIpc) is 3.65. The standard InChI is InChI=1S/C34H36N4O6S/c1-20-11-13-21(14-12-20)32-31(33(39)35-2)25-16-23(28(18-30(25)44-32)37(3)45(5,41)42)22-8-7-15-38(19-22)34(40)27-17-24-26(36-27)9-6-10-29(24)43-4/h6,9-14,16-18,22,36H,7-8,15,19H2,1-5H3,(H,35,39)/t22-/m1/s1. The molecule has 3 aromatic carbocycles. The van der Waals surface area contributed by atoms with Gasteiger partial charge < -0.3 is 24.4 Å². The van der Waals surface area contributed by atoms with Crippen LogP contribution in [0.4, 0.5) is 5.69 Å². The van der Waals surface area contributed by atoms with Gasteiger partial charge in [-0.05, 0) is 49.6 Å². The highest BCUT2D eigenvalue weighted by atomic mass is 32.2. The summed E-state index contributed by atoms with van der Waals surface area (Å²) in [6.07, 6.45) is 2.61. The number of aromatic nitrogens is 1. The number of methoxy groups -OCH3 is 1. The number of hydrogen-bond donors (Lipinski definition) is 2. The molecule has 0 radical (unpaired) electrons. The molecule has 1 fully saturated rings. The molecular formula is C34H36N4O6S. The lowest BCUT2D eigenvalue weighted by atomic mass is 9.88. The fourth-order valence-corrected chi connectivity index (χ4v) is 6.71. The Hall–Kier alpha value is -4.77. The van der Waals surface area contributed by atoms with Gasteiger partial charge in [-0.25, -0.2) is 8.42 Å². The van der Waals surface area contributed by atoms with E-state index >= 15 is 0 Å². The molecule has 0 aliphatic carbocycles. The molecule has 1 atom stereocenters. The summed E-state index contributed by atoms with van der Waals surface area (Å²) in [7, 11) is 1.02. The lowest BCUT2D eigenvalue weighted by molar-refractivity contribution is 0.0702. The quantitative estimate of drug-likeness (QED) is 0.239. The van der Waals surface area contributed by atoms with Crippen LogP contribution in [0.15, 0.2) is 65.1 Å². The molecule has 0 unspecified atom stereocenters. The minimum atomic E-state index is -3.65. The van der Waals surface area contributed by atoms with Crippen molar-refractivity contribution in [3.05, 3.63) is 83.0 Å². The van der Waals surface area contributed by atoms with Crippen molar-refractivity contribution in [3.63, 3.8) is 0 Å². The molecule has 6 rings (SSSR count). The minimum absolute atomic E-state index is 0.145. The summed E-state index contributed by atoms with van der Waals surface area (Å²) in [6.45, 7) is 2.92. The molecule has 234 valence electrons. The summed E-state index contributed by atoms with van der Waals surface area (Å²) in [5, 5.41) is 4.14. The number of carbonyl (C=O) groups excluding carboxylic acids is 2. The number of hydrogen-bond acceptors (Lipinski definition) is 6. The number of nitrogens with zero attached hydrogens (tertiary/aromatic N) is 2. The molecular weight excluding hydrogens is 592 g/mol. The van der Waals surface area contributed by atoms with Crippen molar-refractivity contribution in [1.82, 2.24) is 15.2 Å². The van der Waals surface area contributed by atoms with Crippen LogP contribution in [0, 0.1) is 6.92 Å². The van der Waals surface area contributed by atoms with Crippen molar-refractivity contribution in [2.24, 2.45) is 0 Å². The molecule has 2 amide bonds. The van der Waals surface area contributed by atoms with E-state index < -0.39 is 10.0 Å². The molecule has 10 nitrogen and oxygen atoms in total. The van der Waals surface area contributed by atoms with Crippen LogP contribution < -0.4 is 14.4 Å². The Morgan fingerprint density at radius 3 is 2.53 bits per heavy atom. The molecule has 45 heavy (non-hydrogen) atoms. The van der Waals surface area contributed by atoms with Gasteiger partial charge in [0.25, 0.3) is 11.8 Å². The molecule has 1 saturated heterocycles. The fraction of sp³-hybridized carbons (Fsp3) is 0.294. The van der Waals surface area contributed by atoms with Gasteiger partial charge in [-0.3, -0.25) is 13.9 Å². The molecule has 3 heterocycles. The van der Waals surface area contributed by atoms with Crippen LogP contribution >= 0.6 is 0 Å². The average molecular weight is 629 g/mol. The Kier molecular flexibility index (Phi) is 7.82. The number of aromatic amines is 1. The van der Waals surface area contributed by atoms with Crippen molar-refractivity contribution >= 4 is 49.4 Å². The predicted molar refractivity (Wildman–Crippen MR) is 176 cm³/mol. The van der Waals surface area contributed by atoms with E-state index in [1.165, 1.54) is 11.4 Å². The summed E-state index contributed by atoms with van der Waals surface area (Å²) < 4.78 is 38.7. The van der Waals surface area contributed by atoms with E-state index in [-0.39, 0.29) is 17.7 Å². The maximum Gasteiger partial charge on any atom is 0.270 e. The third-order valence-electron chi connectivity index (χ3n) is 8.66. The van der Waals surface area contributed by atoms with E-state index in [2.05, 4.69) is 10.3 Å². The lowest BCUT2D eigenvalue weighted by Crippen LogP contribution is -2.39. The number of nitrogens with one attached hydrogen (secondary N) is 2. The van der Waals surface area contributed by atoms with Crippen LogP contribution in [-0.2, 0) is 10.0 Å². The first-order valence-corrected chi connectivity index (χ1v) is 16.6. The van der Waals surface area contributed by atoms with Crippen LogP contribution in [0.25, 0.3) is 33.2 Å². The number of ether oxygens (including phenoxy) is 1. The SMILES string of the molecule is CNC(=O)c1c(-c2ccc(C)cc2)oc2cc(N(C)S(C)(=O)=O)c([C@@H]3CCCN(C(=O)c4cc5c(OC)cccc5[nH]4)C3)cc12. The van der Waals surface area contributed by atoms with E-state index in [9.17, 15) is 18.0 Å². The second-order valence-corrected chi connectivity index (χ2v) is 13.6. The van der Waals surface area contributed by atoms with Crippen LogP contribution in [0.3, 0.4) is 0 Å². The smallest absolute Gasteiger partial charge is 0.270 e. The van der Waals surface area contributed by atoms with Gasteiger partial charge in [0.15, 0.2) is 0 Å². The van der Waals surface area contributed by atoms with Gasteiger partial charge in [0, 0.05) is 61.0 Å². The summed E-state index contributed by atoms with van der Waals surface area (Å²) in [5.41, 5.74) is 5.02. The van der Waals surface area contributed by atoms with Crippen molar-refractivity contribution in [2.45, 2.75) is 25.7 Å². The number of rotatable bonds is 7. The first-order chi connectivity index (χ1) is 21.5. The number of benzene rings is 3. The molecule has 0 spiro atoms. The van der Waals surface area contributed by atoms with Crippen molar-refractivity contribution < 1.29 is 27.2 Å². The molecule has 0 saturated carbocycles. The third-order valence-corrected chi connectivity index (χ3v) is 9.86. The molecule has 2 aromatic heterocycles. The first-order valence-electron chi connectivity index (χ1n) is 14.8. The Morgan fingerprint density at radius 2 is 1.84 bits per heavy atom. The van der Waals surface area contributed by atoms with Crippen LogP contribution in [-0.4, -0.2) is 70.7 Å². The predicted octanol–water partition coefficient (Wildman–Crippen LogP) is 5.67. The Labute approximate surface area is 262 Å². The van der Waals surface area contributed by atoms with E-state index in [0.717, 1.165) is 46.7 Å². The van der Waals surface area contributed by atoms with Crippen LogP contribution in [0.2, 0.25) is 0 Å². The number of furan rings is 1. The Balaban J connectivity index is 1.45. The van der Waals surface area contributed by atoms with Crippen molar-refractivity contribution in [3.8, 4) is 17.1 Å². The van der Waals surface area contributed by atoms with Gasteiger partial charge in [-0.2, -0.15) is 0 Å². The first kappa shape index (κ1) is 30.3. The van der Waals surface area contributed by atoms with Gasteiger partial charge in [0.2, 0.25) is 10.0 Å². The second-order valence-electron chi connectivity index (χ2n) is 11.6. The van der Waals surface area contributed by atoms with Crippen LogP contribution in [0.1, 0.15) is 50.7 Å². The monoisotopic (exact) mass is 628 g/mol. The summed E-state index contributed by atoms with van der Waals surface area (Å²) >= 11 is 0. The third kappa shape index (κ3) is 5.52. The molecule has 11 heteroatoms. The summed E-state index contributed by atoms with van der Waals surface area (Å²) in [5.74, 6) is 0.435. The van der Waals surface area contributed by atoms with Crippen molar-refractivity contribution in [1.29, 1.82) is 0 Å². The van der Waals surface area contributed by atoms with Gasteiger partial charge in [0.05, 0.1) is 24.6 Å². The number of anilines is 1. The number of aryl methyl sites for hydroxylation is 1. The second kappa shape index (κ2) is 11.6. The molecule has 1 aliphatic heterocycles. The number of sulfonamides is 1. The Morgan fingerprint density at radius 1 is 1.09 bits per heavy atom. The molecule has 2 N–H and O–H groups in total. The summed E-state index contributed by atoms with van der Waals surface area (Å²) in [4.78, 5) is 32.1. The zero-order chi connectivity index (χ0) is 32.0. The van der Waals surface area contributed by atoms with Gasteiger partial charge in [-0.1, -0.05) is 35.9 Å². The van der Waals surface area contributed by atoms with Crippen LogP contribution in [0.5, 0.6) is 5.75 Å². The molecule has 0 bridgehead atoms. The highest BCUT2D eigenvalue weighted by Crippen LogP contribution is 2.42. The number of piperidine rings is 1. The number of fused-ring (bicyclic) bond motifs is 2. The van der Waals surface area contributed by atoms with Gasteiger partial charge in [-0.15, -0.1) is 0 Å². The largest absolute Gasteiger partial charge is 0.496 e. The fourth-order valence-electron chi connectivity index (χ4n) is 6.19. The lowest BCUT2D eigenvalue weighted by Gasteiger charge is -2.34. The maximum absolute atomic E-state index is 13.8.